The van der Waals surface area contributed by atoms with Gasteiger partial charge >= 0.3 is 0 Å². The van der Waals surface area contributed by atoms with Crippen LogP contribution in [0.3, 0.4) is 0 Å². The Kier molecular flexibility index (Phi) is 4.79. The fraction of sp³-hybridized carbons (Fsp3) is 0.154. The second kappa shape index (κ2) is 6.58. The zero-order chi connectivity index (χ0) is 13.4. The number of benzene rings is 1. The van der Waals surface area contributed by atoms with Crippen molar-refractivity contribution in [2.24, 2.45) is 0 Å². The number of ether oxygens (including phenoxy) is 2. The molecule has 0 N–H and O–H groups in total. The zero-order valence-corrected chi connectivity index (χ0v) is 9.67. The highest BCUT2D eigenvalue weighted by atomic mass is 16.5. The highest BCUT2D eigenvalue weighted by molar-refractivity contribution is 5.64. The average Bonchev–Trinajstić information content (AvgIpc) is 2.42. The van der Waals surface area contributed by atoms with Crippen LogP contribution >= 0.6 is 0 Å². The Morgan fingerprint density at radius 3 is 2.50 bits per heavy atom. The molecule has 0 heterocycles. The van der Waals surface area contributed by atoms with Gasteiger partial charge in [-0.3, -0.25) is 0 Å². The molecule has 18 heavy (non-hydrogen) atoms. The molecule has 5 heteroatoms. The molecule has 0 bridgehead atoms. The van der Waals surface area contributed by atoms with Crippen molar-refractivity contribution in [3.05, 3.63) is 29.3 Å². The van der Waals surface area contributed by atoms with Crippen LogP contribution < -0.4 is 9.47 Å². The molecule has 0 saturated carbocycles. The monoisotopic (exact) mass is 239 g/mol. The minimum Gasteiger partial charge on any atom is -0.493 e. The zero-order valence-electron chi connectivity index (χ0n) is 9.67. The third-order valence-corrected chi connectivity index (χ3v) is 2.03. The van der Waals surface area contributed by atoms with E-state index in [0.29, 0.717) is 17.1 Å². The molecule has 0 aliphatic rings. The van der Waals surface area contributed by atoms with Gasteiger partial charge in [-0.1, -0.05) is 6.07 Å². The first-order valence-electron chi connectivity index (χ1n) is 4.94. The van der Waals surface area contributed by atoms with Gasteiger partial charge < -0.3 is 9.47 Å². The molecule has 1 aromatic rings. The molecule has 0 amide bonds. The molecule has 0 spiro atoms. The van der Waals surface area contributed by atoms with Gasteiger partial charge in [0, 0.05) is 0 Å². The summed E-state index contributed by atoms with van der Waals surface area (Å²) >= 11 is 0. The maximum absolute atomic E-state index is 8.65. The van der Waals surface area contributed by atoms with Gasteiger partial charge in [0.1, 0.15) is 23.8 Å². The molecular formula is C13H9N3O2. The van der Waals surface area contributed by atoms with E-state index < -0.39 is 0 Å². The first-order chi connectivity index (χ1) is 8.74. The summed E-state index contributed by atoms with van der Waals surface area (Å²) in [6.07, 6.45) is 1.44. The maximum Gasteiger partial charge on any atom is 0.174 e. The molecule has 0 fully saturated rings. The van der Waals surface area contributed by atoms with E-state index in [1.165, 1.54) is 13.2 Å². The third kappa shape index (κ3) is 3.27. The Balaban J connectivity index is 3.08. The van der Waals surface area contributed by atoms with Crippen molar-refractivity contribution in [1.29, 1.82) is 15.8 Å². The molecule has 5 nitrogen and oxygen atoms in total. The summed E-state index contributed by atoms with van der Waals surface area (Å²) in [5.74, 6) is 0.876. The summed E-state index contributed by atoms with van der Waals surface area (Å²) in [6, 6.07) is 10.3. The summed E-state index contributed by atoms with van der Waals surface area (Å²) in [4.78, 5) is 0. The van der Waals surface area contributed by atoms with Gasteiger partial charge in [0.2, 0.25) is 0 Å². The van der Waals surface area contributed by atoms with Gasteiger partial charge in [-0.05, 0) is 23.8 Å². The number of hydrogen-bond acceptors (Lipinski definition) is 5. The predicted octanol–water partition coefficient (Wildman–Crippen LogP) is 2.03. The molecular weight excluding hydrogens is 230 g/mol. The Bertz CT molecular complexity index is 570. The van der Waals surface area contributed by atoms with Crippen LogP contribution in [0, 0.1) is 34.0 Å². The van der Waals surface area contributed by atoms with Crippen molar-refractivity contribution in [1.82, 2.24) is 0 Å². The lowest BCUT2D eigenvalue weighted by Gasteiger charge is -2.08. The second-order valence-corrected chi connectivity index (χ2v) is 3.14. The second-order valence-electron chi connectivity index (χ2n) is 3.14. The molecule has 0 atom stereocenters. The SMILES string of the molecule is COc1cc(C=C(C#N)C#N)ccc1OCC#N. The van der Waals surface area contributed by atoms with E-state index >= 15 is 0 Å². The Labute approximate surface area is 105 Å². The van der Waals surface area contributed by atoms with Gasteiger partial charge in [0.05, 0.1) is 7.11 Å². The molecule has 0 aromatic heterocycles. The van der Waals surface area contributed by atoms with Crippen molar-refractivity contribution >= 4 is 6.08 Å². The highest BCUT2D eigenvalue weighted by Gasteiger charge is 2.05. The van der Waals surface area contributed by atoms with Gasteiger partial charge in [-0.25, -0.2) is 0 Å². The third-order valence-electron chi connectivity index (χ3n) is 2.03. The van der Waals surface area contributed by atoms with Crippen LogP contribution in [0.4, 0.5) is 0 Å². The van der Waals surface area contributed by atoms with Gasteiger partial charge in [-0.15, -0.1) is 0 Å². The summed E-state index contributed by atoms with van der Waals surface area (Å²) < 4.78 is 10.3. The standard InChI is InChI=1S/C13H9N3O2/c1-17-13-7-10(6-11(8-15)9-16)2-3-12(13)18-5-4-14/h2-3,6-7H,5H2,1H3. The molecule has 0 unspecified atom stereocenters. The summed E-state index contributed by atoms with van der Waals surface area (Å²) in [7, 11) is 1.47. The average molecular weight is 239 g/mol. The minimum atomic E-state index is -0.0762. The van der Waals surface area contributed by atoms with Gasteiger partial charge in [0.15, 0.2) is 18.1 Å². The van der Waals surface area contributed by atoms with Crippen LogP contribution in [0.25, 0.3) is 6.08 Å². The topological polar surface area (TPSA) is 89.8 Å². The smallest absolute Gasteiger partial charge is 0.174 e. The van der Waals surface area contributed by atoms with Crippen molar-refractivity contribution in [2.75, 3.05) is 13.7 Å². The highest BCUT2D eigenvalue weighted by Crippen LogP contribution is 2.28. The first kappa shape index (κ1) is 13.1. The Morgan fingerprint density at radius 1 is 1.22 bits per heavy atom. The number of nitriles is 3. The van der Waals surface area contributed by atoms with Crippen LogP contribution in [0.15, 0.2) is 23.8 Å². The summed E-state index contributed by atoms with van der Waals surface area (Å²) in [6.45, 7) is -0.0762. The van der Waals surface area contributed by atoms with Crippen LogP contribution in [-0.4, -0.2) is 13.7 Å². The maximum atomic E-state index is 8.65. The number of allylic oxidation sites excluding steroid dienone is 1. The molecule has 1 rings (SSSR count). The van der Waals surface area contributed by atoms with E-state index in [1.54, 1.807) is 30.3 Å². The normalized spacial score (nSPS) is 8.33. The molecule has 0 radical (unpaired) electrons. The molecule has 0 aliphatic heterocycles. The van der Waals surface area contributed by atoms with E-state index in [-0.39, 0.29) is 12.2 Å². The number of rotatable bonds is 4. The molecule has 88 valence electrons. The summed E-state index contributed by atoms with van der Waals surface area (Å²) in [5, 5.41) is 25.7. The lowest BCUT2D eigenvalue weighted by atomic mass is 10.1. The first-order valence-corrected chi connectivity index (χ1v) is 4.94. The number of hydrogen-bond donors (Lipinski definition) is 0. The fourth-order valence-corrected chi connectivity index (χ4v) is 1.26. The Hall–Kier alpha value is -2.97. The van der Waals surface area contributed by atoms with Gasteiger partial charge in [0.25, 0.3) is 0 Å². The minimum absolute atomic E-state index is 0.00254. The largest absolute Gasteiger partial charge is 0.493 e. The van der Waals surface area contributed by atoms with E-state index in [0.717, 1.165) is 0 Å². The van der Waals surface area contributed by atoms with E-state index in [1.807, 2.05) is 6.07 Å². The van der Waals surface area contributed by atoms with E-state index in [4.69, 9.17) is 25.3 Å². The van der Waals surface area contributed by atoms with Crippen molar-refractivity contribution in [2.45, 2.75) is 0 Å². The summed E-state index contributed by atoms with van der Waals surface area (Å²) in [5.41, 5.74) is 0.650. The van der Waals surface area contributed by atoms with Crippen LogP contribution in [0.2, 0.25) is 0 Å². The van der Waals surface area contributed by atoms with Crippen molar-refractivity contribution in [3.63, 3.8) is 0 Å². The Morgan fingerprint density at radius 2 is 1.94 bits per heavy atom. The van der Waals surface area contributed by atoms with Crippen molar-refractivity contribution < 1.29 is 9.47 Å². The molecule has 1 aromatic carbocycles. The van der Waals surface area contributed by atoms with Crippen molar-refractivity contribution in [3.8, 4) is 29.7 Å². The van der Waals surface area contributed by atoms with Crippen LogP contribution in [0.5, 0.6) is 11.5 Å². The van der Waals surface area contributed by atoms with E-state index in [9.17, 15) is 0 Å². The van der Waals surface area contributed by atoms with Crippen LogP contribution in [0.1, 0.15) is 5.56 Å². The van der Waals surface area contributed by atoms with E-state index in [2.05, 4.69) is 0 Å². The number of methoxy groups -OCH3 is 1. The predicted molar refractivity (Wildman–Crippen MR) is 63.3 cm³/mol. The lowest BCUT2D eigenvalue weighted by molar-refractivity contribution is 0.329. The van der Waals surface area contributed by atoms with Crippen LogP contribution in [-0.2, 0) is 0 Å². The number of nitrogens with zero attached hydrogens (tertiary/aromatic N) is 3. The molecule has 0 saturated heterocycles. The quantitative estimate of drug-likeness (QED) is 0.750. The lowest BCUT2D eigenvalue weighted by Crippen LogP contribution is -1.96. The van der Waals surface area contributed by atoms with Gasteiger partial charge in [-0.2, -0.15) is 15.8 Å². The fourth-order valence-electron chi connectivity index (χ4n) is 1.26. The molecule has 0 aliphatic carbocycles.